The van der Waals surface area contributed by atoms with Crippen molar-refractivity contribution in [2.45, 2.75) is 31.0 Å². The van der Waals surface area contributed by atoms with Crippen molar-refractivity contribution in [3.63, 3.8) is 0 Å². The van der Waals surface area contributed by atoms with Crippen LogP contribution < -0.4 is 11.4 Å². The van der Waals surface area contributed by atoms with Crippen LogP contribution >= 0.6 is 7.82 Å². The fraction of sp³-hybridized carbons (Fsp3) is 0.600. The van der Waals surface area contributed by atoms with E-state index in [1.807, 2.05) is 0 Å². The molecule has 124 valence electrons. The normalized spacial score (nSPS) is 32.3. The Kier molecular flexibility index (Phi) is 4.42. The van der Waals surface area contributed by atoms with Gasteiger partial charge >= 0.3 is 13.5 Å². The summed E-state index contributed by atoms with van der Waals surface area (Å²) in [5, 5.41) is 20.0. The largest absolute Gasteiger partial charge is 0.469 e. The van der Waals surface area contributed by atoms with Crippen molar-refractivity contribution in [3.05, 3.63) is 22.7 Å². The first-order chi connectivity index (χ1) is 10.0. The van der Waals surface area contributed by atoms with Crippen LogP contribution in [0.15, 0.2) is 17.1 Å². The molecule has 0 spiro atoms. The van der Waals surface area contributed by atoms with E-state index in [2.05, 4.69) is 9.51 Å². The minimum atomic E-state index is -4.76. The van der Waals surface area contributed by atoms with E-state index in [0.717, 1.165) is 4.57 Å². The summed E-state index contributed by atoms with van der Waals surface area (Å²) in [4.78, 5) is 32.7. The lowest BCUT2D eigenvalue weighted by atomic mass is 10.0. The van der Waals surface area contributed by atoms with Crippen LogP contribution in [0.25, 0.3) is 0 Å². The lowest BCUT2D eigenvalue weighted by Crippen LogP contribution is -2.48. The summed E-state index contributed by atoms with van der Waals surface area (Å²) < 4.78 is 21.3. The highest BCUT2D eigenvalue weighted by atomic mass is 31.2. The molecule has 1 saturated heterocycles. The molecule has 22 heavy (non-hydrogen) atoms. The van der Waals surface area contributed by atoms with Crippen molar-refractivity contribution in [1.82, 2.24) is 9.55 Å². The Morgan fingerprint density at radius 3 is 2.73 bits per heavy atom. The van der Waals surface area contributed by atoms with Gasteiger partial charge in [0.05, 0.1) is 6.61 Å². The lowest BCUT2D eigenvalue weighted by molar-refractivity contribution is -0.136. The molecule has 1 aliphatic heterocycles. The summed E-state index contributed by atoms with van der Waals surface area (Å²) in [6.45, 7) is 0.646. The number of aliphatic hydroxyl groups excluding tert-OH is 2. The highest BCUT2D eigenvalue weighted by molar-refractivity contribution is 7.46. The average molecular weight is 337 g/mol. The molecular weight excluding hydrogens is 321 g/mol. The number of rotatable bonds is 4. The van der Waals surface area contributed by atoms with Crippen molar-refractivity contribution in [3.8, 4) is 0 Å². The van der Waals surface area contributed by atoms with E-state index in [4.69, 9.17) is 20.3 Å². The van der Waals surface area contributed by atoms with Gasteiger partial charge in [-0.05, 0) is 13.0 Å². The highest BCUT2D eigenvalue weighted by Crippen LogP contribution is 2.39. The molecule has 0 aromatic carbocycles. The van der Waals surface area contributed by atoms with Crippen molar-refractivity contribution in [1.29, 1.82) is 0 Å². The van der Waals surface area contributed by atoms with Gasteiger partial charge in [-0.3, -0.25) is 9.09 Å². The molecule has 2 rings (SSSR count). The van der Waals surface area contributed by atoms with Gasteiger partial charge in [0, 0.05) is 6.20 Å². The van der Waals surface area contributed by atoms with Crippen LogP contribution in [-0.4, -0.2) is 54.5 Å². The summed E-state index contributed by atoms with van der Waals surface area (Å²) in [6, 6.07) is 1.30. The smallest absolute Gasteiger partial charge is 0.387 e. The van der Waals surface area contributed by atoms with Crippen LogP contribution in [0.2, 0.25) is 0 Å². The number of phosphoric ester groups is 1. The molecule has 0 unspecified atom stereocenters. The van der Waals surface area contributed by atoms with E-state index in [0.29, 0.717) is 0 Å². The molecule has 0 aliphatic carbocycles. The second kappa shape index (κ2) is 5.70. The van der Waals surface area contributed by atoms with Crippen LogP contribution in [0.3, 0.4) is 0 Å². The maximum Gasteiger partial charge on any atom is 0.469 e. The third-order valence-corrected chi connectivity index (χ3v) is 3.84. The fourth-order valence-electron chi connectivity index (χ4n) is 2.22. The Morgan fingerprint density at radius 1 is 1.55 bits per heavy atom. The zero-order valence-corrected chi connectivity index (χ0v) is 12.3. The molecule has 1 aliphatic rings. The van der Waals surface area contributed by atoms with Crippen LogP contribution in [0.1, 0.15) is 6.92 Å². The Morgan fingerprint density at radius 2 is 2.18 bits per heavy atom. The van der Waals surface area contributed by atoms with E-state index < -0.39 is 44.2 Å². The molecule has 0 bridgehead atoms. The van der Waals surface area contributed by atoms with Gasteiger partial charge in [0.25, 0.3) is 0 Å². The van der Waals surface area contributed by atoms with Crippen LogP contribution in [0, 0.1) is 0 Å². The van der Waals surface area contributed by atoms with Crippen molar-refractivity contribution >= 4 is 13.6 Å². The van der Waals surface area contributed by atoms with E-state index >= 15 is 0 Å². The van der Waals surface area contributed by atoms with Gasteiger partial charge in [0.15, 0.2) is 5.72 Å². The Balaban J connectivity index is 2.28. The number of aliphatic hydroxyl groups is 2. The summed E-state index contributed by atoms with van der Waals surface area (Å²) in [7, 11) is -4.76. The van der Waals surface area contributed by atoms with E-state index in [1.54, 1.807) is 0 Å². The first kappa shape index (κ1) is 17.0. The highest BCUT2D eigenvalue weighted by Gasteiger charge is 2.53. The molecule has 1 aromatic rings. The van der Waals surface area contributed by atoms with E-state index in [1.165, 1.54) is 19.2 Å². The fourth-order valence-corrected chi connectivity index (χ4v) is 2.56. The Hall–Kier alpha value is -1.33. The third kappa shape index (κ3) is 3.20. The van der Waals surface area contributed by atoms with Crippen molar-refractivity contribution in [2.24, 2.45) is 0 Å². The molecule has 1 aromatic heterocycles. The number of anilines is 1. The minimum Gasteiger partial charge on any atom is -0.387 e. The first-order valence-electron chi connectivity index (χ1n) is 6.14. The number of hydrogen-bond acceptors (Lipinski definition) is 8. The molecule has 4 atom stereocenters. The second-order valence-corrected chi connectivity index (χ2v) is 6.18. The van der Waals surface area contributed by atoms with Gasteiger partial charge in [-0.1, -0.05) is 0 Å². The first-order valence-corrected chi connectivity index (χ1v) is 7.67. The molecule has 11 nitrogen and oxygen atoms in total. The summed E-state index contributed by atoms with van der Waals surface area (Å²) in [6.07, 6.45) is -3.11. The standard InChI is InChI=1S/C10H16N3O8P/c1-10(13-3-2-6(11)12-9(13)16)8(15)7(14)5(21-10)4-20-22(17,18)19/h2-3,5,7-8,14-15H,4H2,1H3,(H2,11,12,16)(H2,17,18,19)/t5-,7-,8-,10-/m1/s1. The molecule has 0 saturated carbocycles. The molecule has 2 heterocycles. The topological polar surface area (TPSA) is 177 Å². The van der Waals surface area contributed by atoms with E-state index in [-0.39, 0.29) is 5.82 Å². The number of nitrogens with two attached hydrogens (primary N) is 1. The number of ether oxygens (including phenoxy) is 1. The van der Waals surface area contributed by atoms with Crippen molar-refractivity contribution < 1.29 is 33.8 Å². The molecular formula is C10H16N3O8P. The molecule has 0 radical (unpaired) electrons. The van der Waals surface area contributed by atoms with Gasteiger partial charge in [-0.15, -0.1) is 0 Å². The van der Waals surface area contributed by atoms with Crippen LogP contribution in [-0.2, 0) is 19.6 Å². The van der Waals surface area contributed by atoms with E-state index in [9.17, 15) is 19.6 Å². The summed E-state index contributed by atoms with van der Waals surface area (Å²) >= 11 is 0. The third-order valence-electron chi connectivity index (χ3n) is 3.35. The summed E-state index contributed by atoms with van der Waals surface area (Å²) in [5.41, 5.74) is 2.86. The number of phosphoric acid groups is 1. The lowest BCUT2D eigenvalue weighted by Gasteiger charge is -2.29. The quantitative estimate of drug-likeness (QED) is 0.376. The predicted octanol–water partition coefficient (Wildman–Crippen LogP) is -2.27. The minimum absolute atomic E-state index is 0.0285. The number of aromatic nitrogens is 2. The van der Waals surface area contributed by atoms with Gasteiger partial charge in [0.2, 0.25) is 0 Å². The number of nitrogens with zero attached hydrogens (tertiary/aromatic N) is 2. The zero-order chi connectivity index (χ0) is 16.7. The SMILES string of the molecule is C[C@@]1(n2ccc(N)nc2=O)O[C@H](COP(=O)(O)O)[C@@H](O)[C@H]1O. The Bertz CT molecular complexity index is 660. The molecule has 6 N–H and O–H groups in total. The van der Waals surface area contributed by atoms with Crippen LogP contribution in [0.4, 0.5) is 5.82 Å². The van der Waals surface area contributed by atoms with Gasteiger partial charge in [0.1, 0.15) is 24.1 Å². The number of nitrogen functional groups attached to an aromatic ring is 1. The maximum atomic E-state index is 11.9. The Labute approximate surface area is 124 Å². The number of hydrogen-bond donors (Lipinski definition) is 5. The molecule has 1 fully saturated rings. The molecule has 12 heteroatoms. The van der Waals surface area contributed by atoms with Crippen LogP contribution in [0.5, 0.6) is 0 Å². The van der Waals surface area contributed by atoms with Gasteiger partial charge < -0.3 is 30.5 Å². The average Bonchev–Trinajstić information content (AvgIpc) is 2.61. The van der Waals surface area contributed by atoms with Gasteiger partial charge in [-0.25, -0.2) is 9.36 Å². The van der Waals surface area contributed by atoms with Crippen molar-refractivity contribution in [2.75, 3.05) is 12.3 Å². The maximum absolute atomic E-state index is 11.9. The predicted molar refractivity (Wildman–Crippen MR) is 71.4 cm³/mol. The zero-order valence-electron chi connectivity index (χ0n) is 11.4. The molecule has 0 amide bonds. The summed E-state index contributed by atoms with van der Waals surface area (Å²) in [5.74, 6) is -0.0285. The monoisotopic (exact) mass is 337 g/mol. The van der Waals surface area contributed by atoms with Gasteiger partial charge in [-0.2, -0.15) is 4.98 Å². The second-order valence-electron chi connectivity index (χ2n) is 4.94.